The van der Waals surface area contributed by atoms with Crippen LogP contribution < -0.4 is 10.1 Å². The molecule has 27 heavy (non-hydrogen) atoms. The molecule has 8 heteroatoms. The fourth-order valence-electron chi connectivity index (χ4n) is 2.03. The third kappa shape index (κ3) is 6.49. The van der Waals surface area contributed by atoms with Crippen LogP contribution in [0.4, 0.5) is 0 Å². The first kappa shape index (κ1) is 20.6. The van der Waals surface area contributed by atoms with E-state index in [4.69, 9.17) is 4.74 Å². The summed E-state index contributed by atoms with van der Waals surface area (Å²) in [6.45, 7) is 5.94. The first-order valence-electron chi connectivity index (χ1n) is 8.31. The number of nitrogens with zero attached hydrogens (tertiary/aromatic N) is 2. The molecule has 1 heterocycles. The van der Waals surface area contributed by atoms with Crippen LogP contribution in [0.25, 0.3) is 0 Å². The Morgan fingerprint density at radius 2 is 1.89 bits per heavy atom. The third-order valence-corrected chi connectivity index (χ3v) is 4.04. The van der Waals surface area contributed by atoms with Gasteiger partial charge in [0.15, 0.2) is 9.84 Å². The lowest BCUT2D eigenvalue weighted by molar-refractivity contribution is 0.0954. The van der Waals surface area contributed by atoms with E-state index in [0.29, 0.717) is 11.6 Å². The van der Waals surface area contributed by atoms with Crippen molar-refractivity contribution in [3.8, 4) is 11.6 Å². The summed E-state index contributed by atoms with van der Waals surface area (Å²) in [5.74, 6) is 0.772. The number of ether oxygens (including phenoxy) is 1. The largest absolute Gasteiger partial charge is 0.438 e. The first-order valence-corrected chi connectivity index (χ1v) is 10.3. The molecule has 0 fully saturated rings. The molecule has 0 aliphatic rings. The van der Waals surface area contributed by atoms with E-state index in [1.807, 2.05) is 39.0 Å². The molecule has 0 aliphatic heterocycles. The van der Waals surface area contributed by atoms with E-state index in [2.05, 4.69) is 15.3 Å². The summed E-state index contributed by atoms with van der Waals surface area (Å²) in [5, 5.41) is 3.64. The quantitative estimate of drug-likeness (QED) is 0.816. The fraction of sp³-hybridized carbons (Fsp3) is 0.316. The van der Waals surface area contributed by atoms with Crippen LogP contribution in [0.2, 0.25) is 0 Å². The van der Waals surface area contributed by atoms with E-state index < -0.39 is 15.7 Å². The maximum absolute atomic E-state index is 12.5. The van der Waals surface area contributed by atoms with Crippen LogP contribution >= 0.6 is 0 Å². The van der Waals surface area contributed by atoms with E-state index in [9.17, 15) is 13.2 Å². The molecule has 0 atom stereocenters. The van der Waals surface area contributed by atoms with Gasteiger partial charge in [0, 0.05) is 29.8 Å². The number of sulfone groups is 1. The Morgan fingerprint density at radius 3 is 2.48 bits per heavy atom. The van der Waals surface area contributed by atoms with Gasteiger partial charge in [0.1, 0.15) is 17.1 Å². The topological polar surface area (TPSA) is 98.2 Å². The summed E-state index contributed by atoms with van der Waals surface area (Å²) < 4.78 is 28.0. The Labute approximate surface area is 159 Å². The average Bonchev–Trinajstić information content (AvgIpc) is 2.58. The number of amides is 1. The standard InChI is InChI=1S/C19H23N3O4S/c1-19(2,3)18-21-13-15(16(23)20-11-8-12-27(4,24)25)17(22-18)26-14-9-6-5-7-10-14/h5-10,12-13H,11H2,1-4H3,(H,20,23). The highest BCUT2D eigenvalue weighted by Gasteiger charge is 2.22. The van der Waals surface area contributed by atoms with Crippen LogP contribution in [0.15, 0.2) is 48.0 Å². The maximum Gasteiger partial charge on any atom is 0.258 e. The Hall–Kier alpha value is -2.74. The number of rotatable bonds is 6. The molecule has 0 unspecified atom stereocenters. The summed E-state index contributed by atoms with van der Waals surface area (Å²) >= 11 is 0. The van der Waals surface area contributed by atoms with Crippen molar-refractivity contribution in [2.45, 2.75) is 26.2 Å². The van der Waals surface area contributed by atoms with E-state index in [-0.39, 0.29) is 23.4 Å². The maximum atomic E-state index is 12.5. The molecule has 0 radical (unpaired) electrons. The van der Waals surface area contributed by atoms with Crippen molar-refractivity contribution in [1.82, 2.24) is 15.3 Å². The van der Waals surface area contributed by atoms with Crippen molar-refractivity contribution < 1.29 is 17.9 Å². The number of hydrogen-bond donors (Lipinski definition) is 1. The summed E-state index contributed by atoms with van der Waals surface area (Å²) in [5.41, 5.74) is -0.151. The Kier molecular flexibility index (Phi) is 6.32. The van der Waals surface area contributed by atoms with Crippen molar-refractivity contribution in [2.24, 2.45) is 0 Å². The zero-order valence-corrected chi connectivity index (χ0v) is 16.6. The second-order valence-electron chi connectivity index (χ2n) is 6.99. The van der Waals surface area contributed by atoms with Gasteiger partial charge in [-0.25, -0.2) is 13.4 Å². The highest BCUT2D eigenvalue weighted by molar-refractivity contribution is 7.93. The van der Waals surface area contributed by atoms with Gasteiger partial charge in [-0.2, -0.15) is 4.98 Å². The van der Waals surface area contributed by atoms with Gasteiger partial charge in [-0.3, -0.25) is 4.79 Å². The van der Waals surface area contributed by atoms with E-state index in [0.717, 1.165) is 11.7 Å². The second kappa shape index (κ2) is 8.30. The summed E-state index contributed by atoms with van der Waals surface area (Å²) in [4.78, 5) is 21.2. The van der Waals surface area contributed by atoms with Gasteiger partial charge < -0.3 is 10.1 Å². The molecule has 1 N–H and O–H groups in total. The highest BCUT2D eigenvalue weighted by atomic mass is 32.2. The monoisotopic (exact) mass is 389 g/mol. The van der Waals surface area contributed by atoms with Crippen LogP contribution in [0.3, 0.4) is 0 Å². The van der Waals surface area contributed by atoms with Gasteiger partial charge in [0.2, 0.25) is 5.88 Å². The van der Waals surface area contributed by atoms with Crippen molar-refractivity contribution in [3.05, 3.63) is 59.4 Å². The number of aromatic nitrogens is 2. The van der Waals surface area contributed by atoms with Crippen LogP contribution in [0.1, 0.15) is 37.0 Å². The van der Waals surface area contributed by atoms with Crippen molar-refractivity contribution in [3.63, 3.8) is 0 Å². The summed E-state index contributed by atoms with van der Waals surface area (Å²) in [6.07, 6.45) is 3.85. The number of carbonyl (C=O) groups excluding carboxylic acids is 1. The highest BCUT2D eigenvalue weighted by Crippen LogP contribution is 2.26. The Balaban J connectivity index is 2.28. The summed E-state index contributed by atoms with van der Waals surface area (Å²) in [6, 6.07) is 9.01. The van der Waals surface area contributed by atoms with Crippen LogP contribution in [0, 0.1) is 0 Å². The van der Waals surface area contributed by atoms with Crippen molar-refractivity contribution in [1.29, 1.82) is 0 Å². The number of nitrogens with one attached hydrogen (secondary N) is 1. The zero-order chi connectivity index (χ0) is 20.1. The molecular formula is C19H23N3O4S. The Bertz CT molecular complexity index is 933. The van der Waals surface area contributed by atoms with E-state index >= 15 is 0 Å². The average molecular weight is 389 g/mol. The molecule has 2 rings (SSSR count). The molecule has 1 aromatic heterocycles. The predicted molar refractivity (Wildman–Crippen MR) is 104 cm³/mol. The molecule has 0 bridgehead atoms. The summed E-state index contributed by atoms with van der Waals surface area (Å²) in [7, 11) is -3.24. The minimum atomic E-state index is -3.24. The fourth-order valence-corrected chi connectivity index (χ4v) is 2.48. The van der Waals surface area contributed by atoms with Gasteiger partial charge in [0.25, 0.3) is 5.91 Å². The zero-order valence-electron chi connectivity index (χ0n) is 15.8. The molecule has 144 valence electrons. The number of para-hydroxylation sites is 1. The third-order valence-electron chi connectivity index (χ3n) is 3.35. The molecule has 7 nitrogen and oxygen atoms in total. The molecule has 2 aromatic rings. The molecule has 1 amide bonds. The Morgan fingerprint density at radius 1 is 1.22 bits per heavy atom. The van der Waals surface area contributed by atoms with Gasteiger partial charge in [-0.1, -0.05) is 45.0 Å². The molecule has 1 aromatic carbocycles. The first-order chi connectivity index (χ1) is 12.6. The van der Waals surface area contributed by atoms with Gasteiger partial charge in [0.05, 0.1) is 0 Å². The molecule has 0 aliphatic carbocycles. The minimum Gasteiger partial charge on any atom is -0.438 e. The minimum absolute atomic E-state index is 0.0533. The second-order valence-corrected chi connectivity index (χ2v) is 8.92. The van der Waals surface area contributed by atoms with Gasteiger partial charge in [-0.05, 0) is 12.1 Å². The van der Waals surface area contributed by atoms with E-state index in [1.54, 1.807) is 12.1 Å². The number of hydrogen-bond acceptors (Lipinski definition) is 6. The molecule has 0 spiro atoms. The smallest absolute Gasteiger partial charge is 0.258 e. The van der Waals surface area contributed by atoms with Gasteiger partial charge >= 0.3 is 0 Å². The van der Waals surface area contributed by atoms with E-state index in [1.165, 1.54) is 12.3 Å². The molecular weight excluding hydrogens is 366 g/mol. The predicted octanol–water partition coefficient (Wildman–Crippen LogP) is 2.85. The lowest BCUT2D eigenvalue weighted by Crippen LogP contribution is -2.25. The van der Waals surface area contributed by atoms with Crippen molar-refractivity contribution in [2.75, 3.05) is 12.8 Å². The van der Waals surface area contributed by atoms with Crippen LogP contribution in [0.5, 0.6) is 11.6 Å². The normalized spacial score (nSPS) is 12.1. The lowest BCUT2D eigenvalue weighted by atomic mass is 9.95. The lowest BCUT2D eigenvalue weighted by Gasteiger charge is -2.18. The number of carbonyl (C=O) groups is 1. The molecule has 0 saturated carbocycles. The number of benzene rings is 1. The SMILES string of the molecule is CC(C)(C)c1ncc(C(=O)NCC=CS(C)(=O)=O)c(Oc2ccccc2)n1. The van der Waals surface area contributed by atoms with Crippen molar-refractivity contribution >= 4 is 15.7 Å². The van der Waals surface area contributed by atoms with Gasteiger partial charge in [-0.15, -0.1) is 0 Å². The van der Waals surface area contributed by atoms with Crippen LogP contribution in [-0.2, 0) is 15.3 Å². The molecule has 0 saturated heterocycles. The van der Waals surface area contributed by atoms with Crippen LogP contribution in [-0.4, -0.2) is 37.1 Å².